The summed E-state index contributed by atoms with van der Waals surface area (Å²) in [6.07, 6.45) is 2.44. The molecule has 0 radical (unpaired) electrons. The predicted molar refractivity (Wildman–Crippen MR) is 83.3 cm³/mol. The first kappa shape index (κ1) is 16.2. The minimum absolute atomic E-state index is 0.149. The lowest BCUT2D eigenvalue weighted by Crippen LogP contribution is -2.22. The van der Waals surface area contributed by atoms with Crippen LogP contribution in [0, 0.1) is 13.8 Å². The highest BCUT2D eigenvalue weighted by Crippen LogP contribution is 2.21. The molecular formula is C16H20N2O4. The Morgan fingerprint density at radius 3 is 2.64 bits per heavy atom. The van der Waals surface area contributed by atoms with Gasteiger partial charge in [0.25, 0.3) is 5.56 Å². The van der Waals surface area contributed by atoms with Crippen molar-refractivity contribution in [2.45, 2.75) is 26.8 Å². The second-order valence-corrected chi connectivity index (χ2v) is 5.10. The zero-order chi connectivity index (χ0) is 16.3. The fraction of sp³-hybridized carbons (Fsp3) is 0.438. The molecule has 0 N–H and O–H groups in total. The molecular weight excluding hydrogens is 284 g/mol. The minimum Gasteiger partial charge on any atom is -0.465 e. The van der Waals surface area contributed by atoms with Gasteiger partial charge >= 0.3 is 5.97 Å². The van der Waals surface area contributed by atoms with Crippen molar-refractivity contribution in [3.05, 3.63) is 39.6 Å². The van der Waals surface area contributed by atoms with Crippen LogP contribution >= 0.6 is 0 Å². The van der Waals surface area contributed by atoms with E-state index in [1.54, 1.807) is 37.8 Å². The zero-order valence-corrected chi connectivity index (χ0v) is 13.3. The largest absolute Gasteiger partial charge is 0.465 e. The predicted octanol–water partition coefficient (Wildman–Crippen LogP) is 1.84. The van der Waals surface area contributed by atoms with Crippen LogP contribution in [-0.4, -0.2) is 36.3 Å². The van der Waals surface area contributed by atoms with Gasteiger partial charge in [0.15, 0.2) is 0 Å². The van der Waals surface area contributed by atoms with Gasteiger partial charge in [0, 0.05) is 31.8 Å². The summed E-state index contributed by atoms with van der Waals surface area (Å²) in [7, 11) is 2.95. The van der Waals surface area contributed by atoms with Gasteiger partial charge in [-0.15, -0.1) is 0 Å². The number of ether oxygens (including phenoxy) is 2. The van der Waals surface area contributed by atoms with Crippen LogP contribution in [-0.2, 0) is 16.0 Å². The number of nitrogens with zero attached hydrogens (tertiary/aromatic N) is 2. The van der Waals surface area contributed by atoms with Gasteiger partial charge in [-0.3, -0.25) is 9.78 Å². The molecule has 22 heavy (non-hydrogen) atoms. The number of carbonyl (C=O) groups is 1. The molecule has 0 amide bonds. The second-order valence-electron chi connectivity index (χ2n) is 5.10. The summed E-state index contributed by atoms with van der Waals surface area (Å²) >= 11 is 0. The first-order valence-electron chi connectivity index (χ1n) is 7.08. The molecule has 0 fully saturated rings. The van der Waals surface area contributed by atoms with Crippen molar-refractivity contribution in [2.75, 3.05) is 20.8 Å². The molecule has 0 aliphatic heterocycles. The third kappa shape index (κ3) is 2.87. The third-order valence-corrected chi connectivity index (χ3v) is 3.63. The SMILES string of the molecule is COCCCn1ccc2c(C(=O)OC)c(C)nc(C)c2c1=O. The molecule has 6 nitrogen and oxygen atoms in total. The van der Waals surface area contributed by atoms with Crippen LogP contribution in [0.1, 0.15) is 28.2 Å². The third-order valence-electron chi connectivity index (χ3n) is 3.63. The molecule has 0 bridgehead atoms. The van der Waals surface area contributed by atoms with Crippen molar-refractivity contribution in [2.24, 2.45) is 0 Å². The van der Waals surface area contributed by atoms with Crippen molar-refractivity contribution in [3.63, 3.8) is 0 Å². The average Bonchev–Trinajstić information content (AvgIpc) is 2.48. The van der Waals surface area contributed by atoms with Gasteiger partial charge in [-0.25, -0.2) is 4.79 Å². The van der Waals surface area contributed by atoms with Crippen molar-refractivity contribution in [1.82, 2.24) is 9.55 Å². The Hall–Kier alpha value is -2.21. The maximum atomic E-state index is 12.6. The van der Waals surface area contributed by atoms with Crippen molar-refractivity contribution in [3.8, 4) is 0 Å². The molecule has 118 valence electrons. The molecule has 0 unspecified atom stereocenters. The topological polar surface area (TPSA) is 70.4 Å². The van der Waals surface area contributed by atoms with Crippen molar-refractivity contribution >= 4 is 16.7 Å². The van der Waals surface area contributed by atoms with E-state index in [2.05, 4.69) is 4.98 Å². The van der Waals surface area contributed by atoms with Gasteiger partial charge in [0.05, 0.1) is 29.4 Å². The fourth-order valence-corrected chi connectivity index (χ4v) is 2.61. The normalized spacial score (nSPS) is 10.9. The van der Waals surface area contributed by atoms with E-state index in [0.29, 0.717) is 40.9 Å². The lowest BCUT2D eigenvalue weighted by atomic mass is 10.0. The van der Waals surface area contributed by atoms with Crippen LogP contribution in [0.25, 0.3) is 10.8 Å². The number of esters is 1. The smallest absolute Gasteiger partial charge is 0.340 e. The van der Waals surface area contributed by atoms with E-state index in [4.69, 9.17) is 9.47 Å². The Morgan fingerprint density at radius 1 is 1.27 bits per heavy atom. The van der Waals surface area contributed by atoms with E-state index in [-0.39, 0.29) is 5.56 Å². The molecule has 0 spiro atoms. The molecule has 0 atom stereocenters. The number of aromatic nitrogens is 2. The summed E-state index contributed by atoms with van der Waals surface area (Å²) < 4.78 is 11.4. The first-order valence-corrected chi connectivity index (χ1v) is 7.08. The summed E-state index contributed by atoms with van der Waals surface area (Å²) in [4.78, 5) is 29.0. The number of methoxy groups -OCH3 is 2. The number of hydrogen-bond donors (Lipinski definition) is 0. The number of pyridine rings is 2. The van der Waals surface area contributed by atoms with Crippen LogP contribution in [0.5, 0.6) is 0 Å². The molecule has 0 saturated heterocycles. The van der Waals surface area contributed by atoms with E-state index < -0.39 is 5.97 Å². The standard InChI is InChI=1S/C16H20N2O4/c1-10-13-12(14(11(2)17-10)16(20)22-4)6-8-18(15(13)19)7-5-9-21-3/h6,8H,5,7,9H2,1-4H3. The lowest BCUT2D eigenvalue weighted by molar-refractivity contribution is 0.0601. The van der Waals surface area contributed by atoms with E-state index in [0.717, 1.165) is 6.42 Å². The Labute approximate surface area is 128 Å². The van der Waals surface area contributed by atoms with Crippen LogP contribution in [0.3, 0.4) is 0 Å². The molecule has 0 saturated carbocycles. The Kier molecular flexibility index (Phi) is 4.92. The van der Waals surface area contributed by atoms with Crippen LogP contribution in [0.15, 0.2) is 17.1 Å². The summed E-state index contributed by atoms with van der Waals surface area (Å²) in [5.41, 5.74) is 1.38. The Morgan fingerprint density at radius 2 is 2.00 bits per heavy atom. The van der Waals surface area contributed by atoms with Crippen molar-refractivity contribution < 1.29 is 14.3 Å². The number of fused-ring (bicyclic) bond motifs is 1. The average molecular weight is 304 g/mol. The minimum atomic E-state index is -0.480. The summed E-state index contributed by atoms with van der Waals surface area (Å²) in [6, 6.07) is 1.78. The van der Waals surface area contributed by atoms with Crippen LogP contribution < -0.4 is 5.56 Å². The van der Waals surface area contributed by atoms with Gasteiger partial charge in [0.1, 0.15) is 0 Å². The number of aryl methyl sites for hydroxylation is 3. The number of carbonyl (C=O) groups excluding carboxylic acids is 1. The zero-order valence-electron chi connectivity index (χ0n) is 13.3. The molecule has 0 aromatic carbocycles. The highest BCUT2D eigenvalue weighted by atomic mass is 16.5. The van der Waals surface area contributed by atoms with E-state index >= 15 is 0 Å². The quantitative estimate of drug-likeness (QED) is 0.622. The molecule has 0 aliphatic carbocycles. The number of rotatable bonds is 5. The van der Waals surface area contributed by atoms with E-state index in [1.165, 1.54) is 7.11 Å². The second kappa shape index (κ2) is 6.70. The molecule has 2 heterocycles. The summed E-state index contributed by atoms with van der Waals surface area (Å²) in [6.45, 7) is 4.66. The van der Waals surface area contributed by atoms with E-state index in [1.807, 2.05) is 0 Å². The maximum absolute atomic E-state index is 12.6. The molecule has 2 rings (SSSR count). The van der Waals surface area contributed by atoms with Gasteiger partial charge in [-0.1, -0.05) is 0 Å². The highest BCUT2D eigenvalue weighted by Gasteiger charge is 2.19. The van der Waals surface area contributed by atoms with Crippen molar-refractivity contribution in [1.29, 1.82) is 0 Å². The van der Waals surface area contributed by atoms with E-state index in [9.17, 15) is 9.59 Å². The maximum Gasteiger partial charge on any atom is 0.340 e. The Balaban J connectivity index is 2.65. The number of hydrogen-bond acceptors (Lipinski definition) is 5. The molecule has 6 heteroatoms. The lowest BCUT2D eigenvalue weighted by Gasteiger charge is -2.12. The van der Waals surface area contributed by atoms with Gasteiger partial charge < -0.3 is 14.0 Å². The Bertz CT molecular complexity index is 765. The summed E-state index contributed by atoms with van der Waals surface area (Å²) in [5, 5.41) is 1.05. The summed E-state index contributed by atoms with van der Waals surface area (Å²) in [5.74, 6) is -0.480. The fourth-order valence-electron chi connectivity index (χ4n) is 2.61. The van der Waals surface area contributed by atoms with Gasteiger partial charge in [0.2, 0.25) is 0 Å². The van der Waals surface area contributed by atoms with Crippen LogP contribution in [0.4, 0.5) is 0 Å². The molecule has 0 aliphatic rings. The highest BCUT2D eigenvalue weighted by molar-refractivity contribution is 6.05. The van der Waals surface area contributed by atoms with Crippen LogP contribution in [0.2, 0.25) is 0 Å². The molecule has 2 aromatic rings. The van der Waals surface area contributed by atoms with Gasteiger partial charge in [-0.2, -0.15) is 0 Å². The first-order chi connectivity index (χ1) is 10.5. The molecule has 2 aromatic heterocycles. The monoisotopic (exact) mass is 304 g/mol. The van der Waals surface area contributed by atoms with Gasteiger partial charge in [-0.05, 0) is 26.3 Å².